The van der Waals surface area contributed by atoms with Crippen LogP contribution in [0.2, 0.25) is 0 Å². The average molecular weight is 800 g/mol. The van der Waals surface area contributed by atoms with E-state index in [0.29, 0.717) is 0 Å². The quantitative estimate of drug-likeness (QED) is 0.162. The third-order valence-corrected chi connectivity index (χ3v) is 14.2. The molecule has 10 aromatic carbocycles. The summed E-state index contributed by atoms with van der Waals surface area (Å²) in [4.78, 5) is 2.38. The molecule has 13 rings (SSSR count). The molecule has 0 heterocycles. The molecule has 3 aliphatic rings. The molecular weight excluding hydrogens is 759 g/mol. The van der Waals surface area contributed by atoms with Crippen molar-refractivity contribution >= 4 is 17.1 Å². The van der Waals surface area contributed by atoms with Gasteiger partial charge in [-0.1, -0.05) is 206 Å². The highest BCUT2D eigenvalue weighted by molar-refractivity contribution is 5.96. The fourth-order valence-corrected chi connectivity index (χ4v) is 11.7. The highest BCUT2D eigenvalue weighted by Gasteiger charge is 2.51. The van der Waals surface area contributed by atoms with Gasteiger partial charge in [-0.15, -0.1) is 0 Å². The molecule has 10 aromatic rings. The average Bonchev–Trinajstić information content (AvgIpc) is 3.95. The van der Waals surface area contributed by atoms with Crippen molar-refractivity contribution in [2.75, 3.05) is 4.90 Å². The molecule has 3 aliphatic carbocycles. The van der Waals surface area contributed by atoms with Gasteiger partial charge < -0.3 is 4.90 Å². The van der Waals surface area contributed by atoms with Crippen molar-refractivity contribution in [3.63, 3.8) is 0 Å². The molecule has 0 N–H and O–H groups in total. The Morgan fingerprint density at radius 2 is 0.556 bits per heavy atom. The molecule has 1 heteroatoms. The van der Waals surface area contributed by atoms with Crippen LogP contribution < -0.4 is 4.90 Å². The Kier molecular flexibility index (Phi) is 7.80. The van der Waals surface area contributed by atoms with E-state index < -0.39 is 5.41 Å². The van der Waals surface area contributed by atoms with Crippen molar-refractivity contribution in [2.24, 2.45) is 0 Å². The van der Waals surface area contributed by atoms with Crippen LogP contribution in [0.1, 0.15) is 44.5 Å². The smallest absolute Gasteiger partial charge is 0.0725 e. The zero-order chi connectivity index (χ0) is 41.5. The molecule has 63 heavy (non-hydrogen) atoms. The van der Waals surface area contributed by atoms with Gasteiger partial charge in [-0.2, -0.15) is 0 Å². The van der Waals surface area contributed by atoms with Gasteiger partial charge in [-0.05, 0) is 131 Å². The first-order valence-electron chi connectivity index (χ1n) is 22.0. The van der Waals surface area contributed by atoms with Gasteiger partial charge in [0.05, 0.1) is 10.8 Å². The van der Waals surface area contributed by atoms with Crippen molar-refractivity contribution in [3.05, 3.63) is 293 Å². The SMILES string of the molecule is c1ccc(N(c2ccc(-c3ccc4c(c3)C3(c5ccccc5-c5ccccc53)c3ccccc3-4)cc2)c2ccc(C3(c4ccccc4)c4ccccc4-c4ccccc43)cc2)cc1. The fraction of sp³-hybridized carbons (Fsp3) is 0.0323. The summed E-state index contributed by atoms with van der Waals surface area (Å²) in [5, 5.41) is 0. The third kappa shape index (κ3) is 4.94. The van der Waals surface area contributed by atoms with Crippen molar-refractivity contribution in [2.45, 2.75) is 10.8 Å². The zero-order valence-electron chi connectivity index (χ0n) is 34.6. The van der Waals surface area contributed by atoms with Crippen LogP contribution >= 0.6 is 0 Å². The summed E-state index contributed by atoms with van der Waals surface area (Å²) in [7, 11) is 0. The van der Waals surface area contributed by atoms with Crippen LogP contribution in [0.15, 0.2) is 249 Å². The number of benzene rings is 10. The number of hydrogen-bond donors (Lipinski definition) is 0. The van der Waals surface area contributed by atoms with Gasteiger partial charge >= 0.3 is 0 Å². The van der Waals surface area contributed by atoms with Gasteiger partial charge in [0, 0.05) is 17.1 Å². The van der Waals surface area contributed by atoms with Gasteiger partial charge in [0.25, 0.3) is 0 Å². The first-order chi connectivity index (χ1) is 31.3. The molecule has 0 unspecified atom stereocenters. The van der Waals surface area contributed by atoms with E-state index in [4.69, 9.17) is 0 Å². The molecule has 1 spiro atoms. The Balaban J connectivity index is 0.918. The number of anilines is 3. The normalized spacial score (nSPS) is 14.0. The van der Waals surface area contributed by atoms with E-state index >= 15 is 0 Å². The molecule has 0 amide bonds. The van der Waals surface area contributed by atoms with Crippen LogP contribution in [0, 0.1) is 0 Å². The summed E-state index contributed by atoms with van der Waals surface area (Å²) in [6, 6.07) is 92.4. The number of nitrogens with zero attached hydrogens (tertiary/aromatic N) is 1. The van der Waals surface area contributed by atoms with Crippen molar-refractivity contribution in [1.29, 1.82) is 0 Å². The van der Waals surface area contributed by atoms with Gasteiger partial charge in [0.15, 0.2) is 0 Å². The van der Waals surface area contributed by atoms with E-state index in [-0.39, 0.29) is 5.41 Å². The lowest BCUT2D eigenvalue weighted by Gasteiger charge is -2.34. The van der Waals surface area contributed by atoms with E-state index in [9.17, 15) is 0 Å². The van der Waals surface area contributed by atoms with E-state index in [1.165, 1.54) is 89.0 Å². The highest BCUT2D eigenvalue weighted by Crippen LogP contribution is 2.63. The molecule has 0 saturated heterocycles. The van der Waals surface area contributed by atoms with Gasteiger partial charge in [-0.25, -0.2) is 0 Å². The molecule has 0 aromatic heterocycles. The minimum atomic E-state index is -0.440. The maximum Gasteiger partial charge on any atom is 0.0725 e. The molecule has 0 saturated carbocycles. The molecule has 0 bridgehead atoms. The van der Waals surface area contributed by atoms with Gasteiger partial charge in [-0.3, -0.25) is 0 Å². The Morgan fingerprint density at radius 1 is 0.222 bits per heavy atom. The summed E-state index contributed by atoms with van der Waals surface area (Å²) in [5.41, 5.74) is 23.4. The summed E-state index contributed by atoms with van der Waals surface area (Å²) in [6.07, 6.45) is 0. The first kappa shape index (κ1) is 35.7. The second kappa shape index (κ2) is 13.8. The monoisotopic (exact) mass is 799 g/mol. The highest BCUT2D eigenvalue weighted by atomic mass is 15.1. The van der Waals surface area contributed by atoms with Crippen LogP contribution in [0.25, 0.3) is 44.5 Å². The predicted octanol–water partition coefficient (Wildman–Crippen LogP) is 15.5. The molecular formula is C62H41N. The third-order valence-electron chi connectivity index (χ3n) is 14.2. The van der Waals surface area contributed by atoms with Crippen LogP contribution in [0.5, 0.6) is 0 Å². The minimum absolute atomic E-state index is 0.368. The Labute approximate surface area is 368 Å². The van der Waals surface area contributed by atoms with E-state index in [1.54, 1.807) is 0 Å². The molecule has 294 valence electrons. The maximum absolute atomic E-state index is 2.47. The second-order valence-corrected chi connectivity index (χ2v) is 17.1. The number of hydrogen-bond acceptors (Lipinski definition) is 1. The van der Waals surface area contributed by atoms with Gasteiger partial charge in [0.1, 0.15) is 0 Å². The van der Waals surface area contributed by atoms with Crippen molar-refractivity contribution in [3.8, 4) is 44.5 Å². The minimum Gasteiger partial charge on any atom is -0.311 e. The van der Waals surface area contributed by atoms with E-state index in [0.717, 1.165) is 17.1 Å². The largest absolute Gasteiger partial charge is 0.311 e. The van der Waals surface area contributed by atoms with Crippen LogP contribution in [0.4, 0.5) is 17.1 Å². The summed E-state index contributed by atoms with van der Waals surface area (Å²) < 4.78 is 0. The van der Waals surface area contributed by atoms with Crippen LogP contribution in [-0.4, -0.2) is 0 Å². The zero-order valence-corrected chi connectivity index (χ0v) is 34.6. The van der Waals surface area contributed by atoms with Crippen molar-refractivity contribution in [1.82, 2.24) is 0 Å². The lowest BCUT2D eigenvalue weighted by Crippen LogP contribution is -2.28. The lowest BCUT2D eigenvalue weighted by molar-refractivity contribution is 0.768. The fourth-order valence-electron chi connectivity index (χ4n) is 11.7. The summed E-state index contributed by atoms with van der Waals surface area (Å²) in [6.45, 7) is 0. The predicted molar refractivity (Wildman–Crippen MR) is 260 cm³/mol. The second-order valence-electron chi connectivity index (χ2n) is 17.1. The molecule has 0 aliphatic heterocycles. The molecule has 0 atom stereocenters. The van der Waals surface area contributed by atoms with Crippen LogP contribution in [-0.2, 0) is 10.8 Å². The topological polar surface area (TPSA) is 3.24 Å². The Hall–Kier alpha value is -8.00. The van der Waals surface area contributed by atoms with Gasteiger partial charge in [0.2, 0.25) is 0 Å². The Bertz CT molecular complexity index is 3270. The van der Waals surface area contributed by atoms with E-state index in [1.807, 2.05) is 0 Å². The number of rotatable bonds is 6. The molecule has 0 radical (unpaired) electrons. The summed E-state index contributed by atoms with van der Waals surface area (Å²) in [5.74, 6) is 0. The number of fused-ring (bicyclic) bond motifs is 13. The number of para-hydroxylation sites is 1. The van der Waals surface area contributed by atoms with E-state index in [2.05, 4.69) is 254 Å². The lowest BCUT2D eigenvalue weighted by atomic mass is 9.68. The standard InChI is InChI=1S/C62H41N/c1-3-17-44(18-4-1)61(55-26-12-7-21-49(55)50-22-8-13-27-56(50)61)45-34-38-48(39-35-45)63(46-19-5-2-6-20-46)47-36-31-42(32-37-47)43-33-40-54-53-25-11-16-30-59(53)62(60(54)41-43)57-28-14-9-23-51(57)52-24-10-15-29-58(52)62/h1-41H. The maximum atomic E-state index is 2.47. The first-order valence-corrected chi connectivity index (χ1v) is 22.0. The van der Waals surface area contributed by atoms with Crippen LogP contribution in [0.3, 0.4) is 0 Å². The molecule has 1 nitrogen and oxygen atoms in total. The Morgan fingerprint density at radius 3 is 1.03 bits per heavy atom. The van der Waals surface area contributed by atoms with Crippen molar-refractivity contribution < 1.29 is 0 Å². The summed E-state index contributed by atoms with van der Waals surface area (Å²) >= 11 is 0. The molecule has 0 fully saturated rings.